The largest absolute Gasteiger partial charge is 0.399 e. The van der Waals surface area contributed by atoms with Crippen LogP contribution in [0.5, 0.6) is 0 Å². The molecule has 4 nitrogen and oxygen atoms in total. The molecule has 20 heavy (non-hydrogen) atoms. The number of fused-ring (bicyclic) bond motifs is 1. The van der Waals surface area contributed by atoms with Crippen molar-refractivity contribution in [3.63, 3.8) is 0 Å². The smallest absolute Gasteiger partial charge is 0.227 e. The number of hydrogen-bond acceptors (Lipinski definition) is 3. The van der Waals surface area contributed by atoms with Gasteiger partial charge in [-0.05, 0) is 50.4 Å². The number of carbonyl (C=O) groups is 1. The van der Waals surface area contributed by atoms with Crippen molar-refractivity contribution < 1.29 is 4.79 Å². The normalized spacial score (nSPS) is 27.2. The molecule has 108 valence electrons. The number of benzene rings is 1. The zero-order valence-electron chi connectivity index (χ0n) is 12.0. The fraction of sp³-hybridized carbons (Fsp3) is 0.562. The summed E-state index contributed by atoms with van der Waals surface area (Å²) in [5, 5.41) is 3.25. The second-order valence-electron chi connectivity index (χ2n) is 6.04. The standard InChI is InChI=1S/C16H23N3O/c1-11(12-4-2-5-13(17)10-12)16(20)18-14-7-9-19-8-3-6-15(14)19/h2,4-5,10-11,14-15H,3,6-9,17H2,1H3,(H,18,20). The molecule has 1 aromatic carbocycles. The molecular formula is C16H23N3O. The van der Waals surface area contributed by atoms with Crippen molar-refractivity contribution in [2.24, 2.45) is 0 Å². The molecule has 1 aromatic rings. The van der Waals surface area contributed by atoms with Crippen LogP contribution in [0.15, 0.2) is 24.3 Å². The summed E-state index contributed by atoms with van der Waals surface area (Å²) in [5.74, 6) is -0.0247. The Hall–Kier alpha value is -1.55. The first-order chi connectivity index (χ1) is 9.65. The van der Waals surface area contributed by atoms with Gasteiger partial charge in [0, 0.05) is 24.3 Å². The first-order valence-corrected chi connectivity index (χ1v) is 7.55. The number of amides is 1. The van der Waals surface area contributed by atoms with Gasteiger partial charge >= 0.3 is 0 Å². The second-order valence-corrected chi connectivity index (χ2v) is 6.04. The van der Waals surface area contributed by atoms with E-state index >= 15 is 0 Å². The van der Waals surface area contributed by atoms with E-state index in [-0.39, 0.29) is 11.8 Å². The fourth-order valence-corrected chi connectivity index (χ4v) is 3.54. The maximum atomic E-state index is 12.4. The second kappa shape index (κ2) is 5.44. The molecule has 0 aliphatic carbocycles. The molecule has 3 N–H and O–H groups in total. The van der Waals surface area contributed by atoms with Crippen LogP contribution in [0.25, 0.3) is 0 Å². The molecule has 3 rings (SSSR count). The van der Waals surface area contributed by atoms with Crippen LogP contribution in [0.4, 0.5) is 5.69 Å². The van der Waals surface area contributed by atoms with Gasteiger partial charge in [-0.3, -0.25) is 9.69 Å². The number of nitrogen functional groups attached to an aromatic ring is 1. The maximum absolute atomic E-state index is 12.4. The average molecular weight is 273 g/mol. The van der Waals surface area contributed by atoms with Gasteiger partial charge in [-0.25, -0.2) is 0 Å². The van der Waals surface area contributed by atoms with Gasteiger partial charge in [0.2, 0.25) is 5.91 Å². The third kappa shape index (κ3) is 2.52. The summed E-state index contributed by atoms with van der Waals surface area (Å²) in [7, 11) is 0. The fourth-order valence-electron chi connectivity index (χ4n) is 3.54. The third-order valence-corrected chi connectivity index (χ3v) is 4.74. The highest BCUT2D eigenvalue weighted by Crippen LogP contribution is 2.28. The molecule has 2 fully saturated rings. The van der Waals surface area contributed by atoms with Crippen LogP contribution in [0.1, 0.15) is 37.7 Å². The van der Waals surface area contributed by atoms with Crippen molar-refractivity contribution in [3.8, 4) is 0 Å². The van der Waals surface area contributed by atoms with Crippen molar-refractivity contribution in [2.75, 3.05) is 18.8 Å². The Balaban J connectivity index is 1.64. The van der Waals surface area contributed by atoms with Gasteiger partial charge in [-0.2, -0.15) is 0 Å². The van der Waals surface area contributed by atoms with Crippen LogP contribution >= 0.6 is 0 Å². The van der Waals surface area contributed by atoms with Gasteiger partial charge in [0.15, 0.2) is 0 Å². The highest BCUT2D eigenvalue weighted by atomic mass is 16.1. The van der Waals surface area contributed by atoms with Gasteiger partial charge in [0.1, 0.15) is 0 Å². The van der Waals surface area contributed by atoms with Crippen LogP contribution < -0.4 is 11.1 Å². The summed E-state index contributed by atoms with van der Waals surface area (Å²) in [4.78, 5) is 14.9. The molecule has 2 saturated heterocycles. The molecule has 2 aliphatic heterocycles. The molecule has 0 spiro atoms. The third-order valence-electron chi connectivity index (χ3n) is 4.74. The van der Waals surface area contributed by atoms with E-state index < -0.39 is 0 Å². The van der Waals surface area contributed by atoms with Gasteiger partial charge in [0.25, 0.3) is 0 Å². The van der Waals surface area contributed by atoms with E-state index in [1.54, 1.807) is 0 Å². The Labute approximate surface area is 120 Å². The molecule has 0 aromatic heterocycles. The average Bonchev–Trinajstić information content (AvgIpc) is 3.03. The minimum absolute atomic E-state index is 0.120. The number of hydrogen-bond donors (Lipinski definition) is 2. The molecule has 2 aliphatic rings. The van der Waals surface area contributed by atoms with E-state index in [9.17, 15) is 4.79 Å². The van der Waals surface area contributed by atoms with Crippen molar-refractivity contribution in [1.82, 2.24) is 10.2 Å². The van der Waals surface area contributed by atoms with Crippen molar-refractivity contribution in [3.05, 3.63) is 29.8 Å². The zero-order chi connectivity index (χ0) is 14.1. The van der Waals surface area contributed by atoms with Gasteiger partial charge in [-0.15, -0.1) is 0 Å². The molecule has 0 saturated carbocycles. The van der Waals surface area contributed by atoms with Crippen LogP contribution in [0, 0.1) is 0 Å². The van der Waals surface area contributed by atoms with Gasteiger partial charge < -0.3 is 11.1 Å². The summed E-state index contributed by atoms with van der Waals surface area (Å²) in [6.45, 7) is 4.27. The minimum Gasteiger partial charge on any atom is -0.399 e. The molecule has 1 amide bonds. The minimum atomic E-state index is -0.144. The number of nitrogens with zero attached hydrogens (tertiary/aromatic N) is 1. The summed E-state index contributed by atoms with van der Waals surface area (Å²) in [6, 6.07) is 8.50. The van der Waals surface area contributed by atoms with Gasteiger partial charge in [-0.1, -0.05) is 12.1 Å². The van der Waals surface area contributed by atoms with Crippen LogP contribution in [0.3, 0.4) is 0 Å². The first kappa shape index (κ1) is 13.4. The number of rotatable bonds is 3. The Morgan fingerprint density at radius 3 is 3.05 bits per heavy atom. The highest BCUT2D eigenvalue weighted by Gasteiger charge is 2.38. The number of nitrogens with one attached hydrogen (secondary N) is 1. The first-order valence-electron chi connectivity index (χ1n) is 7.55. The number of nitrogens with two attached hydrogens (primary N) is 1. The number of carbonyl (C=O) groups excluding carboxylic acids is 1. The zero-order valence-corrected chi connectivity index (χ0v) is 12.0. The van der Waals surface area contributed by atoms with Crippen molar-refractivity contribution in [1.29, 1.82) is 0 Å². The lowest BCUT2D eigenvalue weighted by Gasteiger charge is -2.23. The predicted octanol–water partition coefficient (Wildman–Crippen LogP) is 1.73. The topological polar surface area (TPSA) is 58.4 Å². The Morgan fingerprint density at radius 2 is 2.25 bits per heavy atom. The van der Waals surface area contributed by atoms with E-state index in [4.69, 9.17) is 5.73 Å². The summed E-state index contributed by atoms with van der Waals surface area (Å²) in [6.07, 6.45) is 3.57. The summed E-state index contributed by atoms with van der Waals surface area (Å²) in [5.41, 5.74) is 7.49. The molecular weight excluding hydrogens is 250 g/mol. The van der Waals surface area contributed by atoms with E-state index in [1.165, 1.54) is 19.4 Å². The highest BCUT2D eigenvalue weighted by molar-refractivity contribution is 5.83. The Morgan fingerprint density at radius 1 is 1.40 bits per heavy atom. The monoisotopic (exact) mass is 273 g/mol. The van der Waals surface area contributed by atoms with E-state index in [0.29, 0.717) is 17.8 Å². The molecule has 3 atom stereocenters. The lowest BCUT2D eigenvalue weighted by atomic mass is 9.98. The Kier molecular flexibility index (Phi) is 3.66. The maximum Gasteiger partial charge on any atom is 0.227 e. The van der Waals surface area contributed by atoms with Crippen LogP contribution in [0.2, 0.25) is 0 Å². The SMILES string of the molecule is CC(C(=O)NC1CCN2CCCC12)c1cccc(N)c1. The molecule has 2 heterocycles. The van der Waals surface area contributed by atoms with Crippen LogP contribution in [-0.4, -0.2) is 36.0 Å². The van der Waals surface area contributed by atoms with Gasteiger partial charge in [0.05, 0.1) is 5.92 Å². The van der Waals surface area contributed by atoms with E-state index in [2.05, 4.69) is 10.2 Å². The molecule has 0 bridgehead atoms. The number of anilines is 1. The lowest BCUT2D eigenvalue weighted by molar-refractivity contribution is -0.123. The molecule has 0 radical (unpaired) electrons. The quantitative estimate of drug-likeness (QED) is 0.825. The molecule has 3 unspecified atom stereocenters. The summed E-state index contributed by atoms with van der Waals surface area (Å²) >= 11 is 0. The molecule has 4 heteroatoms. The van der Waals surface area contributed by atoms with E-state index in [0.717, 1.165) is 18.5 Å². The Bertz CT molecular complexity index is 502. The van der Waals surface area contributed by atoms with Crippen LogP contribution in [-0.2, 0) is 4.79 Å². The van der Waals surface area contributed by atoms with E-state index in [1.807, 2.05) is 31.2 Å². The summed E-state index contributed by atoms with van der Waals surface area (Å²) < 4.78 is 0. The predicted molar refractivity (Wildman–Crippen MR) is 80.4 cm³/mol. The van der Waals surface area contributed by atoms with Crippen molar-refractivity contribution in [2.45, 2.75) is 44.2 Å². The van der Waals surface area contributed by atoms with Crippen molar-refractivity contribution >= 4 is 11.6 Å². The lowest BCUT2D eigenvalue weighted by Crippen LogP contribution is -2.43.